The van der Waals surface area contributed by atoms with E-state index in [1.165, 1.54) is 24.3 Å². The third kappa shape index (κ3) is 3.41. The Bertz CT molecular complexity index is 629. The van der Waals surface area contributed by atoms with Crippen molar-refractivity contribution >= 4 is 17.8 Å². The van der Waals surface area contributed by atoms with Crippen molar-refractivity contribution in [3.8, 4) is 0 Å². The van der Waals surface area contributed by atoms with Gasteiger partial charge in [0, 0.05) is 38.3 Å². The quantitative estimate of drug-likeness (QED) is 0.887. The van der Waals surface area contributed by atoms with Gasteiger partial charge in [0.05, 0.1) is 5.56 Å². The monoisotopic (exact) mass is 332 g/mol. The molecule has 1 N–H and O–H groups in total. The van der Waals surface area contributed by atoms with Crippen LogP contribution in [0.1, 0.15) is 33.6 Å². The summed E-state index contributed by atoms with van der Waals surface area (Å²) >= 11 is 0. The average molecular weight is 332 g/mol. The van der Waals surface area contributed by atoms with Gasteiger partial charge in [0.2, 0.25) is 0 Å². The molecule has 24 heavy (non-hydrogen) atoms. The van der Waals surface area contributed by atoms with Crippen molar-refractivity contribution in [3.63, 3.8) is 0 Å². The molecule has 7 nitrogen and oxygen atoms in total. The molecular weight excluding hydrogens is 312 g/mol. The first-order valence-corrected chi connectivity index (χ1v) is 8.09. The second-order valence-corrected chi connectivity index (χ2v) is 6.00. The van der Waals surface area contributed by atoms with Crippen LogP contribution in [0, 0.1) is 0 Å². The summed E-state index contributed by atoms with van der Waals surface area (Å²) in [5.74, 6) is -1.14. The third-order valence-corrected chi connectivity index (χ3v) is 4.46. The van der Waals surface area contributed by atoms with Gasteiger partial charge in [-0.1, -0.05) is 0 Å². The molecule has 1 aromatic rings. The molecule has 0 radical (unpaired) electrons. The highest BCUT2D eigenvalue weighted by atomic mass is 16.5. The summed E-state index contributed by atoms with van der Waals surface area (Å²) in [6.07, 6.45) is 1.37. The maximum Gasteiger partial charge on any atom is 0.335 e. The lowest BCUT2D eigenvalue weighted by atomic mass is 10.1. The van der Waals surface area contributed by atoms with E-state index in [4.69, 9.17) is 9.84 Å². The molecule has 0 aliphatic carbocycles. The Morgan fingerprint density at radius 1 is 0.958 bits per heavy atom. The number of ether oxygens (including phenoxy) is 1. The molecule has 1 atom stereocenters. The van der Waals surface area contributed by atoms with E-state index in [-0.39, 0.29) is 23.5 Å². The van der Waals surface area contributed by atoms with E-state index in [1.807, 2.05) is 0 Å². The zero-order valence-electron chi connectivity index (χ0n) is 13.3. The van der Waals surface area contributed by atoms with Crippen molar-refractivity contribution in [2.24, 2.45) is 0 Å². The zero-order chi connectivity index (χ0) is 17.1. The number of benzene rings is 1. The van der Waals surface area contributed by atoms with Crippen LogP contribution in [0.2, 0.25) is 0 Å². The Hall–Kier alpha value is -2.41. The SMILES string of the molecule is O=C(O)c1ccc(C(=O)N2CCN(C(=O)C3CCCO3)CC2)cc1. The van der Waals surface area contributed by atoms with Gasteiger partial charge in [-0.15, -0.1) is 0 Å². The highest BCUT2D eigenvalue weighted by molar-refractivity contribution is 5.96. The summed E-state index contributed by atoms with van der Waals surface area (Å²) < 4.78 is 5.42. The van der Waals surface area contributed by atoms with E-state index in [9.17, 15) is 14.4 Å². The topological polar surface area (TPSA) is 87.2 Å². The van der Waals surface area contributed by atoms with Gasteiger partial charge in [-0.05, 0) is 37.1 Å². The molecule has 2 aliphatic heterocycles. The summed E-state index contributed by atoms with van der Waals surface area (Å²) in [6.45, 7) is 2.58. The van der Waals surface area contributed by atoms with Crippen molar-refractivity contribution in [3.05, 3.63) is 35.4 Å². The molecule has 1 unspecified atom stereocenters. The van der Waals surface area contributed by atoms with E-state index < -0.39 is 5.97 Å². The number of rotatable bonds is 3. The van der Waals surface area contributed by atoms with E-state index in [1.54, 1.807) is 9.80 Å². The van der Waals surface area contributed by atoms with E-state index in [0.717, 1.165) is 12.8 Å². The molecule has 2 aliphatic rings. The van der Waals surface area contributed by atoms with E-state index >= 15 is 0 Å². The number of nitrogens with zero attached hydrogens (tertiary/aromatic N) is 2. The smallest absolute Gasteiger partial charge is 0.335 e. The number of carboxylic acids is 1. The van der Waals surface area contributed by atoms with Crippen molar-refractivity contribution in [1.82, 2.24) is 9.80 Å². The van der Waals surface area contributed by atoms with Crippen LogP contribution in [-0.4, -0.2) is 71.6 Å². The van der Waals surface area contributed by atoms with Crippen molar-refractivity contribution in [2.45, 2.75) is 18.9 Å². The number of hydrogen-bond donors (Lipinski definition) is 1. The Balaban J connectivity index is 1.56. The van der Waals surface area contributed by atoms with Crippen LogP contribution < -0.4 is 0 Å². The molecule has 2 heterocycles. The third-order valence-electron chi connectivity index (χ3n) is 4.46. The molecule has 1 aromatic carbocycles. The van der Waals surface area contributed by atoms with Crippen LogP contribution in [0.3, 0.4) is 0 Å². The molecule has 2 amide bonds. The van der Waals surface area contributed by atoms with Gasteiger partial charge in [-0.2, -0.15) is 0 Å². The van der Waals surface area contributed by atoms with Crippen molar-refractivity contribution < 1.29 is 24.2 Å². The van der Waals surface area contributed by atoms with Crippen LogP contribution in [0.15, 0.2) is 24.3 Å². The lowest BCUT2D eigenvalue weighted by Gasteiger charge is -2.35. The molecule has 2 saturated heterocycles. The standard InChI is InChI=1S/C17H20N2O5/c20-15(12-3-5-13(6-4-12)17(22)23)18-7-9-19(10-8-18)16(21)14-2-1-11-24-14/h3-6,14H,1-2,7-11H2,(H,22,23). The van der Waals surface area contributed by atoms with Gasteiger partial charge in [-0.3, -0.25) is 9.59 Å². The summed E-state index contributed by atoms with van der Waals surface area (Å²) in [5, 5.41) is 8.89. The van der Waals surface area contributed by atoms with Crippen LogP contribution in [0.5, 0.6) is 0 Å². The van der Waals surface area contributed by atoms with Crippen molar-refractivity contribution in [1.29, 1.82) is 0 Å². The average Bonchev–Trinajstić information content (AvgIpc) is 3.15. The van der Waals surface area contributed by atoms with Crippen LogP contribution >= 0.6 is 0 Å². The Labute approximate surface area is 139 Å². The van der Waals surface area contributed by atoms with Crippen LogP contribution in [0.4, 0.5) is 0 Å². The normalized spacial score (nSPS) is 20.9. The predicted molar refractivity (Wildman–Crippen MR) is 84.9 cm³/mol. The summed E-state index contributed by atoms with van der Waals surface area (Å²) in [6, 6.07) is 5.89. The molecule has 0 bridgehead atoms. The lowest BCUT2D eigenvalue weighted by molar-refractivity contribution is -0.142. The fourth-order valence-electron chi connectivity index (χ4n) is 3.04. The number of piperazine rings is 1. The van der Waals surface area contributed by atoms with Crippen LogP contribution in [-0.2, 0) is 9.53 Å². The Morgan fingerprint density at radius 2 is 1.54 bits per heavy atom. The van der Waals surface area contributed by atoms with Gasteiger partial charge in [0.15, 0.2) is 0 Å². The van der Waals surface area contributed by atoms with Crippen molar-refractivity contribution in [2.75, 3.05) is 32.8 Å². The summed E-state index contributed by atoms with van der Waals surface area (Å²) in [5.41, 5.74) is 0.609. The van der Waals surface area contributed by atoms with Gasteiger partial charge < -0.3 is 19.6 Å². The maximum atomic E-state index is 12.5. The fourth-order valence-corrected chi connectivity index (χ4v) is 3.04. The number of aromatic carboxylic acids is 1. The fraction of sp³-hybridized carbons (Fsp3) is 0.471. The molecule has 0 spiro atoms. The Morgan fingerprint density at radius 3 is 2.08 bits per heavy atom. The maximum absolute atomic E-state index is 12.5. The van der Waals surface area contributed by atoms with Gasteiger partial charge in [-0.25, -0.2) is 4.79 Å². The molecule has 128 valence electrons. The number of carboxylic acid groups (broad SMARTS) is 1. The van der Waals surface area contributed by atoms with Gasteiger partial charge in [0.25, 0.3) is 11.8 Å². The van der Waals surface area contributed by atoms with Crippen LogP contribution in [0.25, 0.3) is 0 Å². The second kappa shape index (κ2) is 7.00. The van der Waals surface area contributed by atoms with E-state index in [0.29, 0.717) is 38.3 Å². The predicted octanol–water partition coefficient (Wildman–Crippen LogP) is 0.848. The number of carbonyl (C=O) groups is 3. The molecular formula is C17H20N2O5. The largest absolute Gasteiger partial charge is 0.478 e. The van der Waals surface area contributed by atoms with Gasteiger partial charge >= 0.3 is 5.97 Å². The molecule has 0 aromatic heterocycles. The molecule has 3 rings (SSSR count). The highest BCUT2D eigenvalue weighted by Crippen LogP contribution is 2.17. The highest BCUT2D eigenvalue weighted by Gasteiger charge is 2.31. The molecule has 2 fully saturated rings. The number of carbonyl (C=O) groups excluding carboxylic acids is 2. The summed E-state index contributed by atoms with van der Waals surface area (Å²) in [4.78, 5) is 39.1. The zero-order valence-corrected chi connectivity index (χ0v) is 13.3. The van der Waals surface area contributed by atoms with E-state index in [2.05, 4.69) is 0 Å². The first-order chi connectivity index (χ1) is 11.6. The number of amides is 2. The lowest BCUT2D eigenvalue weighted by Crippen LogP contribution is -2.52. The molecule has 7 heteroatoms. The summed E-state index contributed by atoms with van der Waals surface area (Å²) in [7, 11) is 0. The minimum atomic E-state index is -1.02. The molecule has 0 saturated carbocycles. The number of hydrogen-bond acceptors (Lipinski definition) is 4. The Kier molecular flexibility index (Phi) is 4.80. The minimum Gasteiger partial charge on any atom is -0.478 e. The second-order valence-electron chi connectivity index (χ2n) is 6.00. The first kappa shape index (κ1) is 16.4. The van der Waals surface area contributed by atoms with Gasteiger partial charge in [0.1, 0.15) is 6.10 Å². The minimum absolute atomic E-state index is 0.0189. The first-order valence-electron chi connectivity index (χ1n) is 8.09.